The summed E-state index contributed by atoms with van der Waals surface area (Å²) in [4.78, 5) is 2.72. The van der Waals surface area contributed by atoms with Gasteiger partial charge in [0.2, 0.25) is 0 Å². The third kappa shape index (κ3) is 4.36. The maximum absolute atomic E-state index is 5.52. The minimum absolute atomic E-state index is 0.513. The van der Waals surface area contributed by atoms with Crippen molar-refractivity contribution in [3.63, 3.8) is 0 Å². The Bertz CT molecular complexity index is 1110. The molecule has 6 rings (SSSR count). The van der Waals surface area contributed by atoms with E-state index in [9.17, 15) is 0 Å². The molecule has 1 N–H and O–H groups in total. The molecule has 4 heterocycles. The van der Waals surface area contributed by atoms with Gasteiger partial charge in [0.25, 0.3) is 0 Å². The smallest absolute Gasteiger partial charge is 0.148 e. The largest absolute Gasteiger partial charge is 0.381 e. The van der Waals surface area contributed by atoms with E-state index in [0.717, 1.165) is 58.9 Å². The molecule has 0 spiro atoms. The predicted octanol–water partition coefficient (Wildman–Crippen LogP) is 3.89. The van der Waals surface area contributed by atoms with Gasteiger partial charge in [-0.15, -0.1) is 10.2 Å². The first-order chi connectivity index (χ1) is 16.1. The number of nitrogens with zero attached hydrogens (tertiary/aromatic N) is 5. The zero-order valence-electron chi connectivity index (χ0n) is 19.7. The number of likely N-dealkylation sites (tertiary alicyclic amines) is 1. The molecule has 0 radical (unpaired) electrons. The molecule has 7 nitrogen and oxygen atoms in total. The summed E-state index contributed by atoms with van der Waals surface area (Å²) in [7, 11) is 1.95. The van der Waals surface area contributed by atoms with Gasteiger partial charge in [0.15, 0.2) is 0 Å². The highest BCUT2D eigenvalue weighted by Crippen LogP contribution is 2.39. The number of hydrogen-bond acceptors (Lipinski definition) is 6. The molecule has 7 heteroatoms. The molecule has 2 aromatic heterocycles. The summed E-state index contributed by atoms with van der Waals surface area (Å²) in [6.45, 7) is 7.82. The Morgan fingerprint density at radius 2 is 1.85 bits per heavy atom. The topological polar surface area (TPSA) is 68.1 Å². The molecule has 3 aromatic rings. The van der Waals surface area contributed by atoms with E-state index in [0.29, 0.717) is 6.04 Å². The van der Waals surface area contributed by atoms with E-state index in [4.69, 9.17) is 4.74 Å². The van der Waals surface area contributed by atoms with Crippen LogP contribution in [0.15, 0.2) is 30.5 Å². The molecule has 2 aliphatic heterocycles. The first-order valence-electron chi connectivity index (χ1n) is 12.5. The Labute approximate surface area is 195 Å². The Morgan fingerprint density at radius 1 is 1.06 bits per heavy atom. The van der Waals surface area contributed by atoms with Gasteiger partial charge in [-0.2, -0.15) is 5.10 Å². The van der Waals surface area contributed by atoms with Crippen LogP contribution in [0.1, 0.15) is 31.2 Å². The van der Waals surface area contributed by atoms with E-state index in [1.54, 1.807) is 0 Å². The fraction of sp³-hybridized carbons (Fsp3) is 0.577. The van der Waals surface area contributed by atoms with Gasteiger partial charge in [0.05, 0.1) is 11.2 Å². The summed E-state index contributed by atoms with van der Waals surface area (Å²) in [5, 5.41) is 18.4. The molecule has 0 amide bonds. The number of rotatable bonds is 5. The van der Waals surface area contributed by atoms with Crippen molar-refractivity contribution >= 4 is 16.7 Å². The van der Waals surface area contributed by atoms with Gasteiger partial charge in [-0.3, -0.25) is 4.68 Å². The van der Waals surface area contributed by atoms with Crippen molar-refractivity contribution in [1.29, 1.82) is 0 Å². The summed E-state index contributed by atoms with van der Waals surface area (Å²) in [5.41, 5.74) is 4.22. The zero-order valence-corrected chi connectivity index (χ0v) is 19.7. The molecule has 3 fully saturated rings. The van der Waals surface area contributed by atoms with E-state index in [2.05, 4.69) is 56.7 Å². The zero-order chi connectivity index (χ0) is 22.4. The van der Waals surface area contributed by atoms with Crippen LogP contribution in [0.3, 0.4) is 0 Å². The Kier molecular flexibility index (Phi) is 5.54. The minimum Gasteiger partial charge on any atom is -0.381 e. The molecule has 0 bridgehead atoms. The van der Waals surface area contributed by atoms with Crippen LogP contribution in [0, 0.1) is 24.7 Å². The van der Waals surface area contributed by atoms with Crippen molar-refractivity contribution in [2.24, 2.45) is 24.8 Å². The Hall–Kier alpha value is -2.51. The van der Waals surface area contributed by atoms with Crippen LogP contribution in [0.25, 0.3) is 22.2 Å². The molecular formula is C26H34N6O. The van der Waals surface area contributed by atoms with Crippen LogP contribution in [-0.2, 0) is 11.8 Å². The Morgan fingerprint density at radius 3 is 2.58 bits per heavy atom. The monoisotopic (exact) mass is 446 g/mol. The lowest BCUT2D eigenvalue weighted by Crippen LogP contribution is -2.32. The molecule has 33 heavy (non-hydrogen) atoms. The van der Waals surface area contributed by atoms with E-state index >= 15 is 0 Å². The first kappa shape index (κ1) is 21.1. The third-order valence-corrected chi connectivity index (χ3v) is 7.94. The van der Waals surface area contributed by atoms with Gasteiger partial charge < -0.3 is 15.0 Å². The van der Waals surface area contributed by atoms with Gasteiger partial charge >= 0.3 is 0 Å². The molecule has 1 aromatic carbocycles. The van der Waals surface area contributed by atoms with Crippen LogP contribution in [0.5, 0.6) is 0 Å². The number of anilines is 1. The van der Waals surface area contributed by atoms with Crippen molar-refractivity contribution in [3.8, 4) is 11.3 Å². The highest BCUT2D eigenvalue weighted by atomic mass is 16.5. The molecule has 174 valence electrons. The van der Waals surface area contributed by atoms with Gasteiger partial charge in [0, 0.05) is 63.1 Å². The second-order valence-electron chi connectivity index (χ2n) is 10.4. The second kappa shape index (κ2) is 8.69. The second-order valence-corrected chi connectivity index (χ2v) is 10.4. The summed E-state index contributed by atoms with van der Waals surface area (Å²) in [6, 6.07) is 8.98. The van der Waals surface area contributed by atoms with Crippen molar-refractivity contribution < 1.29 is 4.74 Å². The van der Waals surface area contributed by atoms with Gasteiger partial charge in [-0.05, 0) is 80.2 Å². The standard InChI is InChI=1S/C26H34N6O/c1-17-9-25-21(14-31(2)30-25)12-23(17)24-3-4-26(29-28-24)27-22-10-19-15-32(16-20(19)11-22)13-18-5-7-33-8-6-18/h3-4,9,12,14,18-20,22H,5-8,10-11,13,15-16H2,1-2H3,(H,27,29)/t19-,20+,22?. The van der Waals surface area contributed by atoms with Crippen molar-refractivity contribution in [2.75, 3.05) is 38.2 Å². The first-order valence-corrected chi connectivity index (χ1v) is 12.5. The average molecular weight is 447 g/mol. The lowest BCUT2D eigenvalue weighted by molar-refractivity contribution is 0.0545. The van der Waals surface area contributed by atoms with Crippen LogP contribution in [-0.4, -0.2) is 63.8 Å². The lowest BCUT2D eigenvalue weighted by atomic mass is 10.00. The average Bonchev–Trinajstić information content (AvgIpc) is 3.46. The van der Waals surface area contributed by atoms with Crippen LogP contribution in [0.2, 0.25) is 0 Å². The maximum Gasteiger partial charge on any atom is 0.148 e. The number of aryl methyl sites for hydroxylation is 2. The SMILES string of the molecule is Cc1cc2nn(C)cc2cc1-c1ccc(NC2C[C@@H]3CN(CC4CCOCC4)C[C@@H]3C2)nn1. The normalized spacial score (nSPS) is 26.2. The summed E-state index contributed by atoms with van der Waals surface area (Å²) in [6.07, 6.45) is 7.01. The number of nitrogens with one attached hydrogen (secondary N) is 1. The van der Waals surface area contributed by atoms with Gasteiger partial charge in [-0.1, -0.05) is 0 Å². The van der Waals surface area contributed by atoms with E-state index in [-0.39, 0.29) is 0 Å². The number of hydrogen-bond donors (Lipinski definition) is 1. The van der Waals surface area contributed by atoms with Crippen molar-refractivity contribution in [3.05, 3.63) is 36.0 Å². The molecule has 1 unspecified atom stereocenters. The lowest BCUT2D eigenvalue weighted by Gasteiger charge is -2.27. The summed E-state index contributed by atoms with van der Waals surface area (Å²) < 4.78 is 7.38. The van der Waals surface area contributed by atoms with Crippen molar-refractivity contribution in [1.82, 2.24) is 24.9 Å². The molecular weight excluding hydrogens is 412 g/mol. The molecule has 1 saturated carbocycles. The minimum atomic E-state index is 0.513. The highest BCUT2D eigenvalue weighted by molar-refractivity contribution is 5.85. The van der Waals surface area contributed by atoms with Gasteiger partial charge in [-0.25, -0.2) is 0 Å². The summed E-state index contributed by atoms with van der Waals surface area (Å²) >= 11 is 0. The predicted molar refractivity (Wildman–Crippen MR) is 130 cm³/mol. The fourth-order valence-electron chi connectivity index (χ4n) is 6.30. The molecule has 3 aliphatic rings. The number of fused-ring (bicyclic) bond motifs is 2. The number of ether oxygens (including phenoxy) is 1. The maximum atomic E-state index is 5.52. The molecule has 2 saturated heterocycles. The quantitative estimate of drug-likeness (QED) is 0.641. The van der Waals surface area contributed by atoms with E-state index in [1.165, 1.54) is 50.9 Å². The van der Waals surface area contributed by atoms with Crippen LogP contribution in [0.4, 0.5) is 5.82 Å². The van der Waals surface area contributed by atoms with E-state index in [1.807, 2.05) is 17.9 Å². The van der Waals surface area contributed by atoms with Crippen LogP contribution < -0.4 is 5.32 Å². The molecule has 1 aliphatic carbocycles. The molecule has 3 atom stereocenters. The highest BCUT2D eigenvalue weighted by Gasteiger charge is 2.41. The number of benzene rings is 1. The Balaban J connectivity index is 1.06. The fourth-order valence-corrected chi connectivity index (χ4v) is 6.30. The van der Waals surface area contributed by atoms with Crippen LogP contribution >= 0.6 is 0 Å². The van der Waals surface area contributed by atoms with Gasteiger partial charge in [0.1, 0.15) is 5.82 Å². The van der Waals surface area contributed by atoms with E-state index < -0.39 is 0 Å². The third-order valence-electron chi connectivity index (χ3n) is 7.94. The number of aromatic nitrogens is 4. The summed E-state index contributed by atoms with van der Waals surface area (Å²) in [5.74, 6) is 3.37. The van der Waals surface area contributed by atoms with Crippen molar-refractivity contribution in [2.45, 2.75) is 38.6 Å².